The van der Waals surface area contributed by atoms with E-state index in [-0.39, 0.29) is 5.82 Å². The van der Waals surface area contributed by atoms with Crippen LogP contribution in [0.4, 0.5) is 4.39 Å². The van der Waals surface area contributed by atoms with Crippen LogP contribution in [0.1, 0.15) is 30.7 Å². The largest absolute Gasteiger partial charge is 0.326 e. The molecule has 1 saturated heterocycles. The fraction of sp³-hybridized carbons (Fsp3) is 0.529. The molecule has 2 N–H and O–H groups in total. The third-order valence-electron chi connectivity index (χ3n) is 4.36. The molecule has 0 bridgehead atoms. The Morgan fingerprint density at radius 3 is 2.67 bits per heavy atom. The van der Waals surface area contributed by atoms with Crippen molar-refractivity contribution in [3.8, 4) is 0 Å². The molecule has 1 aromatic carbocycles. The minimum Gasteiger partial charge on any atom is -0.326 e. The highest BCUT2D eigenvalue weighted by Crippen LogP contribution is 2.35. The summed E-state index contributed by atoms with van der Waals surface area (Å²) in [6.45, 7) is 8.12. The predicted molar refractivity (Wildman–Crippen MR) is 87.9 cm³/mol. The first-order valence-corrected chi connectivity index (χ1v) is 8.51. The van der Waals surface area contributed by atoms with Gasteiger partial charge >= 0.3 is 0 Å². The predicted octanol–water partition coefficient (Wildman–Crippen LogP) is 3.98. The lowest BCUT2D eigenvalue weighted by Crippen LogP contribution is -2.38. The number of hydrogen-bond donors (Lipinski definition) is 1. The van der Waals surface area contributed by atoms with Crippen molar-refractivity contribution in [3.63, 3.8) is 0 Å². The standard InChI is InChI=1S/C17H23FN2S/c1-11-6-12(2)9-20(8-11)10-13-16(7-19)21-15-5-3-4-14(18)17(13)15/h3-5,11-12H,6-10,19H2,1-2H3. The molecule has 0 spiro atoms. The Morgan fingerprint density at radius 2 is 2.00 bits per heavy atom. The molecule has 0 radical (unpaired) electrons. The molecule has 1 fully saturated rings. The van der Waals surface area contributed by atoms with E-state index in [1.807, 2.05) is 6.07 Å². The van der Waals surface area contributed by atoms with Gasteiger partial charge < -0.3 is 5.73 Å². The number of piperidine rings is 1. The fourth-order valence-electron chi connectivity index (χ4n) is 3.69. The zero-order valence-electron chi connectivity index (χ0n) is 12.7. The van der Waals surface area contributed by atoms with Crippen LogP contribution in [0.15, 0.2) is 18.2 Å². The first kappa shape index (κ1) is 14.9. The van der Waals surface area contributed by atoms with Crippen molar-refractivity contribution in [3.05, 3.63) is 34.5 Å². The van der Waals surface area contributed by atoms with Crippen molar-refractivity contribution in [1.29, 1.82) is 0 Å². The summed E-state index contributed by atoms with van der Waals surface area (Å²) in [6.07, 6.45) is 1.29. The van der Waals surface area contributed by atoms with Crippen LogP contribution >= 0.6 is 11.3 Å². The van der Waals surface area contributed by atoms with Crippen LogP contribution in [0.3, 0.4) is 0 Å². The number of halogens is 1. The quantitative estimate of drug-likeness (QED) is 0.929. The number of thiophene rings is 1. The summed E-state index contributed by atoms with van der Waals surface area (Å²) in [5, 5.41) is 0.786. The molecule has 2 unspecified atom stereocenters. The van der Waals surface area contributed by atoms with Crippen LogP contribution in [0.5, 0.6) is 0 Å². The average molecular weight is 306 g/mol. The van der Waals surface area contributed by atoms with E-state index in [9.17, 15) is 4.39 Å². The highest BCUT2D eigenvalue weighted by molar-refractivity contribution is 7.19. The van der Waals surface area contributed by atoms with Gasteiger partial charge in [-0.3, -0.25) is 4.90 Å². The van der Waals surface area contributed by atoms with Crippen molar-refractivity contribution in [1.82, 2.24) is 4.90 Å². The van der Waals surface area contributed by atoms with Crippen molar-refractivity contribution in [2.24, 2.45) is 17.6 Å². The second-order valence-electron chi connectivity index (χ2n) is 6.46. The molecular formula is C17H23FN2S. The van der Waals surface area contributed by atoms with E-state index in [1.165, 1.54) is 6.42 Å². The number of fused-ring (bicyclic) bond motifs is 1. The number of nitrogens with zero attached hydrogens (tertiary/aromatic N) is 1. The van der Waals surface area contributed by atoms with Crippen molar-refractivity contribution in [2.75, 3.05) is 13.1 Å². The van der Waals surface area contributed by atoms with E-state index in [1.54, 1.807) is 23.5 Å². The van der Waals surface area contributed by atoms with E-state index in [2.05, 4.69) is 18.7 Å². The monoisotopic (exact) mass is 306 g/mol. The number of hydrogen-bond acceptors (Lipinski definition) is 3. The maximum absolute atomic E-state index is 14.3. The van der Waals surface area contributed by atoms with Crippen LogP contribution < -0.4 is 5.73 Å². The van der Waals surface area contributed by atoms with Crippen molar-refractivity contribution >= 4 is 21.4 Å². The van der Waals surface area contributed by atoms with Crippen LogP contribution in [-0.4, -0.2) is 18.0 Å². The topological polar surface area (TPSA) is 29.3 Å². The van der Waals surface area contributed by atoms with E-state index in [0.29, 0.717) is 18.4 Å². The molecule has 1 aliphatic rings. The summed E-state index contributed by atoms with van der Waals surface area (Å²) in [5.41, 5.74) is 7.00. The number of benzene rings is 1. The third-order valence-corrected chi connectivity index (χ3v) is 5.58. The summed E-state index contributed by atoms with van der Waals surface area (Å²) < 4.78 is 15.3. The Bertz CT molecular complexity index is 627. The highest BCUT2D eigenvalue weighted by atomic mass is 32.1. The maximum atomic E-state index is 14.3. The molecule has 0 saturated carbocycles. The lowest BCUT2D eigenvalue weighted by molar-refractivity contribution is 0.134. The molecule has 4 heteroatoms. The van der Waals surface area contributed by atoms with Gasteiger partial charge in [0.1, 0.15) is 5.82 Å². The Hall–Kier alpha value is -0.970. The first-order valence-electron chi connectivity index (χ1n) is 7.69. The molecule has 2 aromatic rings. The zero-order chi connectivity index (χ0) is 15.0. The molecule has 1 aromatic heterocycles. The first-order chi connectivity index (χ1) is 10.1. The molecule has 0 amide bonds. The summed E-state index contributed by atoms with van der Waals surface area (Å²) >= 11 is 1.64. The lowest BCUT2D eigenvalue weighted by Gasteiger charge is -2.35. The van der Waals surface area contributed by atoms with Gasteiger partial charge in [0.15, 0.2) is 0 Å². The molecule has 21 heavy (non-hydrogen) atoms. The molecule has 2 nitrogen and oxygen atoms in total. The Balaban J connectivity index is 1.95. The highest BCUT2D eigenvalue weighted by Gasteiger charge is 2.24. The van der Waals surface area contributed by atoms with Crippen molar-refractivity contribution < 1.29 is 4.39 Å². The molecule has 1 aliphatic heterocycles. The van der Waals surface area contributed by atoms with Crippen LogP contribution in [0, 0.1) is 17.7 Å². The summed E-state index contributed by atoms with van der Waals surface area (Å²) in [7, 11) is 0. The van der Waals surface area contributed by atoms with Crippen LogP contribution in [-0.2, 0) is 13.1 Å². The van der Waals surface area contributed by atoms with Crippen LogP contribution in [0.2, 0.25) is 0 Å². The number of likely N-dealkylation sites (tertiary alicyclic amines) is 1. The smallest absolute Gasteiger partial charge is 0.132 e. The number of nitrogens with two attached hydrogens (primary N) is 1. The SMILES string of the molecule is CC1CC(C)CN(Cc2c(CN)sc3cccc(F)c23)C1. The van der Waals surface area contributed by atoms with E-state index in [0.717, 1.165) is 40.2 Å². The molecule has 2 atom stereocenters. The molecule has 2 heterocycles. The zero-order valence-corrected chi connectivity index (χ0v) is 13.5. The second kappa shape index (κ2) is 6.03. The summed E-state index contributed by atoms with van der Waals surface area (Å²) in [5.74, 6) is 1.31. The van der Waals surface area contributed by atoms with Gasteiger partial charge in [-0.15, -0.1) is 11.3 Å². The Morgan fingerprint density at radius 1 is 1.29 bits per heavy atom. The second-order valence-corrected chi connectivity index (χ2v) is 7.60. The normalized spacial score (nSPS) is 23.8. The minimum absolute atomic E-state index is 0.114. The Kier molecular flexibility index (Phi) is 4.29. The van der Waals surface area contributed by atoms with Gasteiger partial charge in [-0.05, 0) is 36.0 Å². The van der Waals surface area contributed by atoms with E-state index < -0.39 is 0 Å². The molecular weight excluding hydrogens is 283 g/mol. The van der Waals surface area contributed by atoms with E-state index >= 15 is 0 Å². The van der Waals surface area contributed by atoms with Crippen LogP contribution in [0.25, 0.3) is 10.1 Å². The van der Waals surface area contributed by atoms with Gasteiger partial charge in [-0.2, -0.15) is 0 Å². The lowest BCUT2D eigenvalue weighted by atomic mass is 9.91. The van der Waals surface area contributed by atoms with Gasteiger partial charge in [0.05, 0.1) is 0 Å². The van der Waals surface area contributed by atoms with Gasteiger partial charge in [0, 0.05) is 41.1 Å². The molecule has 0 aliphatic carbocycles. The minimum atomic E-state index is -0.114. The maximum Gasteiger partial charge on any atom is 0.132 e. The van der Waals surface area contributed by atoms with Gasteiger partial charge in [-0.1, -0.05) is 19.9 Å². The Labute approximate surface area is 129 Å². The fourth-order valence-corrected chi connectivity index (χ4v) is 4.80. The van der Waals surface area contributed by atoms with Gasteiger partial charge in [0.2, 0.25) is 0 Å². The number of rotatable bonds is 3. The summed E-state index contributed by atoms with van der Waals surface area (Å²) in [4.78, 5) is 3.59. The summed E-state index contributed by atoms with van der Waals surface area (Å²) in [6, 6.07) is 5.33. The average Bonchev–Trinajstić information content (AvgIpc) is 2.77. The van der Waals surface area contributed by atoms with Crippen molar-refractivity contribution in [2.45, 2.75) is 33.4 Å². The molecule has 114 valence electrons. The van der Waals surface area contributed by atoms with Gasteiger partial charge in [0.25, 0.3) is 0 Å². The third kappa shape index (κ3) is 2.98. The van der Waals surface area contributed by atoms with E-state index in [4.69, 9.17) is 5.73 Å². The molecule has 3 rings (SSSR count). The van der Waals surface area contributed by atoms with Gasteiger partial charge in [-0.25, -0.2) is 4.39 Å².